The first-order valence-electron chi connectivity index (χ1n) is 6.88. The van der Waals surface area contributed by atoms with Gasteiger partial charge in [-0.3, -0.25) is 0 Å². The van der Waals surface area contributed by atoms with E-state index >= 15 is 0 Å². The molecule has 3 heteroatoms. The summed E-state index contributed by atoms with van der Waals surface area (Å²) in [6.45, 7) is 2.43. The first kappa shape index (κ1) is 13.0. The molecule has 0 aromatic heterocycles. The third-order valence-electron chi connectivity index (χ3n) is 3.70. The van der Waals surface area contributed by atoms with Crippen molar-refractivity contribution in [1.29, 1.82) is 0 Å². The third-order valence-corrected chi connectivity index (χ3v) is 3.70. The molecule has 0 saturated carbocycles. The minimum atomic E-state index is 0.302. The van der Waals surface area contributed by atoms with Crippen LogP contribution in [0.5, 0.6) is 11.5 Å². The zero-order valence-corrected chi connectivity index (χ0v) is 11.8. The van der Waals surface area contributed by atoms with E-state index < -0.39 is 0 Å². The maximum absolute atomic E-state index is 5.43. The highest BCUT2D eigenvalue weighted by molar-refractivity contribution is 5.45. The molecule has 1 aliphatic heterocycles. The smallest absolute Gasteiger partial charge is 0.231 e. The molecule has 3 nitrogen and oxygen atoms in total. The van der Waals surface area contributed by atoms with Gasteiger partial charge >= 0.3 is 0 Å². The highest BCUT2D eigenvalue weighted by atomic mass is 16.7. The highest BCUT2D eigenvalue weighted by Gasteiger charge is 2.15. The number of ether oxygens (including phenoxy) is 2. The Hall–Kier alpha value is -2.00. The lowest BCUT2D eigenvalue weighted by atomic mass is 9.98. The van der Waals surface area contributed by atoms with Crippen LogP contribution in [0, 0.1) is 6.92 Å². The van der Waals surface area contributed by atoms with Crippen LogP contribution in [0.15, 0.2) is 42.5 Å². The minimum absolute atomic E-state index is 0.302. The van der Waals surface area contributed by atoms with Crippen molar-refractivity contribution in [2.24, 2.45) is 0 Å². The van der Waals surface area contributed by atoms with E-state index in [0.717, 1.165) is 17.9 Å². The fourth-order valence-electron chi connectivity index (χ4n) is 2.49. The second kappa shape index (κ2) is 5.55. The summed E-state index contributed by atoms with van der Waals surface area (Å²) >= 11 is 0. The van der Waals surface area contributed by atoms with Gasteiger partial charge in [-0.15, -0.1) is 0 Å². The van der Waals surface area contributed by atoms with Crippen LogP contribution in [-0.2, 0) is 6.42 Å². The predicted octanol–water partition coefficient (Wildman–Crippen LogP) is 3.23. The van der Waals surface area contributed by atoms with Crippen LogP contribution in [0.4, 0.5) is 0 Å². The molecule has 0 saturated heterocycles. The van der Waals surface area contributed by atoms with Crippen molar-refractivity contribution >= 4 is 0 Å². The maximum Gasteiger partial charge on any atom is 0.231 e. The van der Waals surface area contributed by atoms with E-state index in [1.165, 1.54) is 16.7 Å². The standard InChI is InChI=1S/C17H19NO2/c1-12-3-6-14(7-4-12)15(18-2)9-13-5-8-16-17(10-13)20-11-19-16/h3-8,10,15,18H,9,11H2,1-2H3. The summed E-state index contributed by atoms with van der Waals surface area (Å²) in [6.07, 6.45) is 0.927. The lowest BCUT2D eigenvalue weighted by molar-refractivity contribution is 0.174. The molecule has 2 aromatic rings. The second-order valence-corrected chi connectivity index (χ2v) is 5.14. The molecule has 1 aliphatic rings. The lowest BCUT2D eigenvalue weighted by Gasteiger charge is -2.17. The van der Waals surface area contributed by atoms with E-state index in [1.54, 1.807) is 0 Å². The Bertz CT molecular complexity index is 592. The number of hydrogen-bond donors (Lipinski definition) is 1. The van der Waals surface area contributed by atoms with Crippen LogP contribution in [0.25, 0.3) is 0 Å². The quantitative estimate of drug-likeness (QED) is 0.924. The van der Waals surface area contributed by atoms with Crippen molar-refractivity contribution in [2.45, 2.75) is 19.4 Å². The number of hydrogen-bond acceptors (Lipinski definition) is 3. The molecule has 0 spiro atoms. The van der Waals surface area contributed by atoms with Gasteiger partial charge in [0.1, 0.15) is 0 Å². The van der Waals surface area contributed by atoms with Crippen LogP contribution in [0.2, 0.25) is 0 Å². The van der Waals surface area contributed by atoms with E-state index in [-0.39, 0.29) is 0 Å². The Balaban J connectivity index is 1.79. The molecule has 0 aliphatic carbocycles. The van der Waals surface area contributed by atoms with Crippen LogP contribution in [0.1, 0.15) is 22.7 Å². The molecular weight excluding hydrogens is 250 g/mol. The van der Waals surface area contributed by atoms with E-state index in [4.69, 9.17) is 9.47 Å². The Morgan fingerprint density at radius 3 is 2.55 bits per heavy atom. The number of nitrogens with one attached hydrogen (secondary N) is 1. The SMILES string of the molecule is CNC(Cc1ccc2c(c1)OCO2)c1ccc(C)cc1. The molecular formula is C17H19NO2. The number of fused-ring (bicyclic) bond motifs is 1. The van der Waals surface area contributed by atoms with Gasteiger partial charge in [-0.1, -0.05) is 35.9 Å². The minimum Gasteiger partial charge on any atom is -0.454 e. The summed E-state index contributed by atoms with van der Waals surface area (Å²) in [5.41, 5.74) is 3.83. The Labute approximate surface area is 119 Å². The molecule has 1 N–H and O–H groups in total. The van der Waals surface area contributed by atoms with Gasteiger partial charge in [0.2, 0.25) is 6.79 Å². The molecule has 1 atom stereocenters. The average molecular weight is 269 g/mol. The number of rotatable bonds is 4. The van der Waals surface area contributed by atoms with Crippen molar-refractivity contribution in [3.8, 4) is 11.5 Å². The molecule has 104 valence electrons. The predicted molar refractivity (Wildman–Crippen MR) is 79.2 cm³/mol. The van der Waals surface area contributed by atoms with Crippen molar-refractivity contribution in [1.82, 2.24) is 5.32 Å². The molecule has 0 bridgehead atoms. The summed E-state index contributed by atoms with van der Waals surface area (Å²) in [7, 11) is 2.00. The monoisotopic (exact) mass is 269 g/mol. The molecule has 1 heterocycles. The van der Waals surface area contributed by atoms with Crippen molar-refractivity contribution in [2.75, 3.05) is 13.8 Å². The van der Waals surface area contributed by atoms with Gasteiger partial charge in [-0.05, 0) is 43.7 Å². The van der Waals surface area contributed by atoms with Crippen molar-refractivity contribution in [3.05, 3.63) is 59.2 Å². The fourth-order valence-corrected chi connectivity index (χ4v) is 2.49. The Morgan fingerprint density at radius 1 is 1.05 bits per heavy atom. The van der Waals surface area contributed by atoms with Crippen LogP contribution in [-0.4, -0.2) is 13.8 Å². The van der Waals surface area contributed by atoms with Gasteiger partial charge in [0.15, 0.2) is 11.5 Å². The van der Waals surface area contributed by atoms with Gasteiger partial charge in [-0.25, -0.2) is 0 Å². The molecule has 0 amide bonds. The summed E-state index contributed by atoms with van der Waals surface area (Å²) in [4.78, 5) is 0. The molecule has 1 unspecified atom stereocenters. The van der Waals surface area contributed by atoms with Gasteiger partial charge in [0, 0.05) is 6.04 Å². The first-order valence-corrected chi connectivity index (χ1v) is 6.88. The molecule has 20 heavy (non-hydrogen) atoms. The van der Waals surface area contributed by atoms with E-state index in [9.17, 15) is 0 Å². The van der Waals surface area contributed by atoms with E-state index in [2.05, 4.69) is 48.6 Å². The molecule has 3 rings (SSSR count). The Kier molecular flexibility index (Phi) is 3.61. The maximum atomic E-state index is 5.43. The van der Waals surface area contributed by atoms with Gasteiger partial charge < -0.3 is 14.8 Å². The summed E-state index contributed by atoms with van der Waals surface area (Å²) in [5, 5.41) is 3.38. The zero-order valence-electron chi connectivity index (χ0n) is 11.8. The van der Waals surface area contributed by atoms with Gasteiger partial charge in [0.25, 0.3) is 0 Å². The highest BCUT2D eigenvalue weighted by Crippen LogP contribution is 2.33. The van der Waals surface area contributed by atoms with Crippen LogP contribution in [0.3, 0.4) is 0 Å². The number of benzene rings is 2. The fraction of sp³-hybridized carbons (Fsp3) is 0.294. The summed E-state index contributed by atoms with van der Waals surface area (Å²) in [5.74, 6) is 1.69. The largest absolute Gasteiger partial charge is 0.454 e. The van der Waals surface area contributed by atoms with Crippen molar-refractivity contribution in [3.63, 3.8) is 0 Å². The average Bonchev–Trinajstić information content (AvgIpc) is 2.93. The van der Waals surface area contributed by atoms with Crippen LogP contribution < -0.4 is 14.8 Å². The van der Waals surface area contributed by atoms with Crippen LogP contribution >= 0.6 is 0 Å². The van der Waals surface area contributed by atoms with Crippen molar-refractivity contribution < 1.29 is 9.47 Å². The second-order valence-electron chi connectivity index (χ2n) is 5.14. The topological polar surface area (TPSA) is 30.5 Å². The van der Waals surface area contributed by atoms with E-state index in [1.807, 2.05) is 13.1 Å². The lowest BCUT2D eigenvalue weighted by Crippen LogP contribution is -2.18. The molecule has 0 radical (unpaired) electrons. The van der Waals surface area contributed by atoms with Gasteiger partial charge in [-0.2, -0.15) is 0 Å². The number of likely N-dealkylation sites (N-methyl/N-ethyl adjacent to an activating group) is 1. The summed E-state index contributed by atoms with van der Waals surface area (Å²) < 4.78 is 10.8. The number of aryl methyl sites for hydroxylation is 1. The normalized spacial score (nSPS) is 14.3. The van der Waals surface area contributed by atoms with E-state index in [0.29, 0.717) is 12.8 Å². The third kappa shape index (κ3) is 2.63. The molecule has 2 aromatic carbocycles. The first-order chi connectivity index (χ1) is 9.76. The molecule has 0 fully saturated rings. The summed E-state index contributed by atoms with van der Waals surface area (Å²) in [6, 6.07) is 15.1. The Morgan fingerprint density at radius 2 is 1.80 bits per heavy atom. The zero-order chi connectivity index (χ0) is 13.9. The van der Waals surface area contributed by atoms with Gasteiger partial charge in [0.05, 0.1) is 0 Å².